The SMILES string of the molecule is CCCN(CC)c1ccc(C(=O)NC(C)c2ccc(S(N)(=O)=O)cc2)cc1. The fourth-order valence-electron chi connectivity index (χ4n) is 2.87. The highest BCUT2D eigenvalue weighted by Gasteiger charge is 2.14. The summed E-state index contributed by atoms with van der Waals surface area (Å²) in [7, 11) is -3.72. The quantitative estimate of drug-likeness (QED) is 0.726. The number of hydrogen-bond donors (Lipinski definition) is 2. The van der Waals surface area contributed by atoms with E-state index in [9.17, 15) is 13.2 Å². The van der Waals surface area contributed by atoms with E-state index in [1.807, 2.05) is 31.2 Å². The second-order valence-electron chi connectivity index (χ2n) is 6.44. The van der Waals surface area contributed by atoms with Gasteiger partial charge >= 0.3 is 0 Å². The molecule has 3 N–H and O–H groups in total. The van der Waals surface area contributed by atoms with Gasteiger partial charge in [0, 0.05) is 24.3 Å². The lowest BCUT2D eigenvalue weighted by molar-refractivity contribution is 0.0940. The zero-order valence-corrected chi connectivity index (χ0v) is 16.8. The molecule has 1 unspecified atom stereocenters. The van der Waals surface area contributed by atoms with Crippen LogP contribution < -0.4 is 15.4 Å². The minimum atomic E-state index is -3.72. The Morgan fingerprint density at radius 1 is 1.07 bits per heavy atom. The standard InChI is InChI=1S/C20H27N3O3S/c1-4-14-23(5-2)18-10-6-17(7-11-18)20(24)22-15(3)16-8-12-19(13-9-16)27(21,25)26/h6-13,15H,4-5,14H2,1-3H3,(H,22,24)(H2,21,25,26). The molecule has 2 aromatic carbocycles. The molecule has 1 atom stereocenters. The molecule has 0 saturated carbocycles. The molecule has 2 aromatic rings. The number of sulfonamides is 1. The first-order chi connectivity index (χ1) is 12.8. The molecule has 0 radical (unpaired) electrons. The molecule has 2 rings (SSSR count). The van der Waals surface area contributed by atoms with E-state index in [0.717, 1.165) is 30.8 Å². The lowest BCUT2D eigenvalue weighted by Crippen LogP contribution is -2.27. The van der Waals surface area contributed by atoms with Gasteiger partial charge in [0.15, 0.2) is 0 Å². The van der Waals surface area contributed by atoms with Crippen molar-refractivity contribution < 1.29 is 13.2 Å². The zero-order valence-electron chi connectivity index (χ0n) is 16.0. The van der Waals surface area contributed by atoms with E-state index in [2.05, 4.69) is 24.1 Å². The van der Waals surface area contributed by atoms with E-state index < -0.39 is 10.0 Å². The molecule has 146 valence electrons. The van der Waals surface area contributed by atoms with Gasteiger partial charge < -0.3 is 10.2 Å². The van der Waals surface area contributed by atoms with Crippen LogP contribution in [0.15, 0.2) is 53.4 Å². The maximum atomic E-state index is 12.5. The van der Waals surface area contributed by atoms with Gasteiger partial charge in [-0.05, 0) is 62.2 Å². The fraction of sp³-hybridized carbons (Fsp3) is 0.350. The highest BCUT2D eigenvalue weighted by atomic mass is 32.2. The Kier molecular flexibility index (Phi) is 6.98. The summed E-state index contributed by atoms with van der Waals surface area (Å²) >= 11 is 0. The van der Waals surface area contributed by atoms with Gasteiger partial charge in [0.05, 0.1) is 10.9 Å². The number of benzene rings is 2. The first kappa shape index (κ1) is 20.9. The molecule has 0 saturated heterocycles. The van der Waals surface area contributed by atoms with Crippen LogP contribution in [0.5, 0.6) is 0 Å². The van der Waals surface area contributed by atoms with Crippen LogP contribution in [0.2, 0.25) is 0 Å². The topological polar surface area (TPSA) is 92.5 Å². The summed E-state index contributed by atoms with van der Waals surface area (Å²) in [5.41, 5.74) is 2.48. The first-order valence-corrected chi connectivity index (χ1v) is 10.6. The third kappa shape index (κ3) is 5.55. The van der Waals surface area contributed by atoms with Gasteiger partial charge in [-0.25, -0.2) is 13.6 Å². The van der Waals surface area contributed by atoms with E-state index in [-0.39, 0.29) is 16.8 Å². The molecule has 6 nitrogen and oxygen atoms in total. The van der Waals surface area contributed by atoms with Gasteiger partial charge in [0.25, 0.3) is 5.91 Å². The number of rotatable bonds is 8. The molecule has 0 bridgehead atoms. The van der Waals surface area contributed by atoms with Crippen molar-refractivity contribution in [3.63, 3.8) is 0 Å². The van der Waals surface area contributed by atoms with E-state index in [4.69, 9.17) is 5.14 Å². The van der Waals surface area contributed by atoms with Gasteiger partial charge in [-0.1, -0.05) is 19.1 Å². The first-order valence-electron chi connectivity index (χ1n) is 9.04. The molecular formula is C20H27N3O3S. The number of carbonyl (C=O) groups is 1. The molecule has 0 aliphatic heterocycles. The number of hydrogen-bond acceptors (Lipinski definition) is 4. The van der Waals surface area contributed by atoms with Crippen LogP contribution >= 0.6 is 0 Å². The Balaban J connectivity index is 2.05. The van der Waals surface area contributed by atoms with Crippen molar-refractivity contribution in [1.82, 2.24) is 5.32 Å². The van der Waals surface area contributed by atoms with Crippen molar-refractivity contribution in [2.75, 3.05) is 18.0 Å². The molecule has 0 aliphatic rings. The summed E-state index contributed by atoms with van der Waals surface area (Å²) in [4.78, 5) is 14.8. The number of amides is 1. The number of nitrogens with zero attached hydrogens (tertiary/aromatic N) is 1. The van der Waals surface area contributed by atoms with Crippen molar-refractivity contribution in [2.45, 2.75) is 38.1 Å². The molecular weight excluding hydrogens is 362 g/mol. The van der Waals surface area contributed by atoms with Gasteiger partial charge in [-0.15, -0.1) is 0 Å². The molecule has 7 heteroatoms. The van der Waals surface area contributed by atoms with Crippen molar-refractivity contribution >= 4 is 21.6 Å². The Labute approximate surface area is 161 Å². The molecule has 0 spiro atoms. The third-order valence-electron chi connectivity index (χ3n) is 4.43. The third-order valence-corrected chi connectivity index (χ3v) is 5.36. The molecule has 0 aromatic heterocycles. The summed E-state index contributed by atoms with van der Waals surface area (Å²) in [6, 6.07) is 13.5. The maximum Gasteiger partial charge on any atom is 0.251 e. The number of nitrogens with one attached hydrogen (secondary N) is 1. The van der Waals surface area contributed by atoms with E-state index in [1.54, 1.807) is 12.1 Å². The smallest absolute Gasteiger partial charge is 0.251 e. The minimum absolute atomic E-state index is 0.0490. The summed E-state index contributed by atoms with van der Waals surface area (Å²) in [6.45, 7) is 8.00. The van der Waals surface area contributed by atoms with Crippen molar-refractivity contribution in [1.29, 1.82) is 0 Å². The highest BCUT2D eigenvalue weighted by Crippen LogP contribution is 2.18. The maximum absolute atomic E-state index is 12.5. The predicted molar refractivity (Wildman–Crippen MR) is 108 cm³/mol. The average Bonchev–Trinajstić information content (AvgIpc) is 2.65. The number of anilines is 1. The average molecular weight is 390 g/mol. The van der Waals surface area contributed by atoms with Crippen molar-refractivity contribution in [3.8, 4) is 0 Å². The molecule has 1 amide bonds. The van der Waals surface area contributed by atoms with Gasteiger partial charge in [0.1, 0.15) is 0 Å². The molecule has 0 heterocycles. The number of nitrogens with two attached hydrogens (primary N) is 1. The van der Waals surface area contributed by atoms with Crippen LogP contribution in [-0.4, -0.2) is 27.4 Å². The van der Waals surface area contributed by atoms with Crippen LogP contribution in [-0.2, 0) is 10.0 Å². The van der Waals surface area contributed by atoms with Crippen LogP contribution in [0.4, 0.5) is 5.69 Å². The summed E-state index contributed by atoms with van der Waals surface area (Å²) in [6.07, 6.45) is 1.07. The largest absolute Gasteiger partial charge is 0.372 e. The second kappa shape index (κ2) is 9.01. The Hall–Kier alpha value is -2.38. The van der Waals surface area contributed by atoms with E-state index in [1.165, 1.54) is 12.1 Å². The normalized spacial score (nSPS) is 12.4. The van der Waals surface area contributed by atoms with Crippen LogP contribution in [0.25, 0.3) is 0 Å². The van der Waals surface area contributed by atoms with Crippen LogP contribution in [0.3, 0.4) is 0 Å². The Bertz CT molecular complexity index is 862. The van der Waals surface area contributed by atoms with E-state index in [0.29, 0.717) is 5.56 Å². The van der Waals surface area contributed by atoms with E-state index >= 15 is 0 Å². The van der Waals surface area contributed by atoms with Gasteiger partial charge in [-0.3, -0.25) is 4.79 Å². The molecule has 0 fully saturated rings. The van der Waals surface area contributed by atoms with Crippen LogP contribution in [0, 0.1) is 0 Å². The Morgan fingerprint density at radius 3 is 2.15 bits per heavy atom. The summed E-state index contributed by atoms with van der Waals surface area (Å²) in [5.74, 6) is -0.178. The second-order valence-corrected chi connectivity index (χ2v) is 8.00. The Morgan fingerprint density at radius 2 is 1.67 bits per heavy atom. The number of carbonyl (C=O) groups excluding carboxylic acids is 1. The highest BCUT2D eigenvalue weighted by molar-refractivity contribution is 7.89. The summed E-state index contributed by atoms with van der Waals surface area (Å²) in [5, 5.41) is 8.03. The molecule has 27 heavy (non-hydrogen) atoms. The minimum Gasteiger partial charge on any atom is -0.372 e. The zero-order chi connectivity index (χ0) is 20.0. The molecule has 0 aliphatic carbocycles. The number of primary sulfonamides is 1. The fourth-order valence-corrected chi connectivity index (χ4v) is 3.39. The van der Waals surface area contributed by atoms with Crippen molar-refractivity contribution in [3.05, 3.63) is 59.7 Å². The lowest BCUT2D eigenvalue weighted by Gasteiger charge is -2.22. The summed E-state index contributed by atoms with van der Waals surface area (Å²) < 4.78 is 22.6. The van der Waals surface area contributed by atoms with Crippen LogP contribution in [0.1, 0.15) is 49.2 Å². The van der Waals surface area contributed by atoms with Crippen molar-refractivity contribution in [2.24, 2.45) is 5.14 Å². The van der Waals surface area contributed by atoms with Gasteiger partial charge in [-0.2, -0.15) is 0 Å². The van der Waals surface area contributed by atoms with Gasteiger partial charge in [0.2, 0.25) is 10.0 Å². The predicted octanol–water partition coefficient (Wildman–Crippen LogP) is 3.06. The lowest BCUT2D eigenvalue weighted by atomic mass is 10.1. The monoisotopic (exact) mass is 389 g/mol.